The maximum Gasteiger partial charge on any atom is 0.120 e. The third-order valence-corrected chi connectivity index (χ3v) is 4.89. The van der Waals surface area contributed by atoms with Gasteiger partial charge in [0.1, 0.15) is 11.5 Å². The molecule has 1 aliphatic rings. The first kappa shape index (κ1) is 23.4. The monoisotopic (exact) mass is 432 g/mol. The minimum absolute atomic E-state index is 0.251. The normalized spacial score (nSPS) is 18.1. The highest BCUT2D eigenvalue weighted by Crippen LogP contribution is 2.24. The van der Waals surface area contributed by atoms with Crippen LogP contribution in [0.15, 0.2) is 36.4 Å². The van der Waals surface area contributed by atoms with Crippen LogP contribution in [0, 0.1) is 0 Å². The number of benzene rings is 1. The summed E-state index contributed by atoms with van der Waals surface area (Å²) in [6, 6.07) is 11.1. The number of aromatic hydroxyl groups is 1. The molecule has 1 aliphatic heterocycles. The van der Waals surface area contributed by atoms with E-state index in [1.165, 1.54) is 0 Å². The fourth-order valence-electron chi connectivity index (χ4n) is 3.20. The van der Waals surface area contributed by atoms with Crippen molar-refractivity contribution in [3.63, 3.8) is 0 Å². The largest absolute Gasteiger partial charge is 0.508 e. The highest BCUT2D eigenvalue weighted by Gasteiger charge is 2.11. The Kier molecular flexibility index (Phi) is 10.0. The summed E-state index contributed by atoms with van der Waals surface area (Å²) in [4.78, 5) is 6.73. The van der Waals surface area contributed by atoms with Crippen LogP contribution in [-0.4, -0.2) is 74.8 Å². The molecule has 2 aromatic rings. The lowest BCUT2D eigenvalue weighted by Gasteiger charge is -2.23. The van der Waals surface area contributed by atoms with Crippen LogP contribution in [0.2, 0.25) is 0 Å². The fourth-order valence-corrected chi connectivity index (χ4v) is 3.20. The molecule has 0 aliphatic carbocycles. The van der Waals surface area contributed by atoms with E-state index in [4.69, 9.17) is 23.7 Å². The van der Waals surface area contributed by atoms with E-state index >= 15 is 0 Å². The Morgan fingerprint density at radius 2 is 1.48 bits per heavy atom. The maximum absolute atomic E-state index is 10.2. The Balaban J connectivity index is 1.54. The fraction of sp³-hybridized carbons (Fsp3) is 0.522. The molecule has 0 radical (unpaired) electrons. The van der Waals surface area contributed by atoms with Crippen molar-refractivity contribution in [2.24, 2.45) is 0 Å². The topological polar surface area (TPSA) is 82.5 Å². The molecule has 170 valence electrons. The Labute approximate surface area is 183 Å². The summed E-state index contributed by atoms with van der Waals surface area (Å²) in [5.41, 5.74) is 2.56. The van der Waals surface area contributed by atoms with E-state index in [9.17, 15) is 5.11 Å². The van der Waals surface area contributed by atoms with Crippen molar-refractivity contribution in [1.29, 1.82) is 0 Å². The van der Waals surface area contributed by atoms with Crippen LogP contribution in [0.1, 0.15) is 17.0 Å². The van der Waals surface area contributed by atoms with Gasteiger partial charge >= 0.3 is 0 Å². The second kappa shape index (κ2) is 13.2. The molecule has 8 nitrogen and oxygen atoms in total. The van der Waals surface area contributed by atoms with Gasteiger partial charge in [0, 0.05) is 25.2 Å². The zero-order valence-corrected chi connectivity index (χ0v) is 18.1. The molecule has 0 saturated carbocycles. The standard InChI is InChI=1S/C23H32N2O6/c1-27-22-5-6-23(26)19(15-22)16-25-7-9-28-11-13-30-17-20-3-2-4-21(24-20)18-31-14-12-29-10-8-25/h2-6,15,26H,7-14,16-18H2,1H3. The van der Waals surface area contributed by atoms with E-state index < -0.39 is 0 Å². The van der Waals surface area contributed by atoms with Gasteiger partial charge < -0.3 is 28.8 Å². The Morgan fingerprint density at radius 1 is 0.871 bits per heavy atom. The van der Waals surface area contributed by atoms with E-state index in [-0.39, 0.29) is 5.75 Å². The van der Waals surface area contributed by atoms with Crippen LogP contribution in [-0.2, 0) is 38.7 Å². The zero-order chi connectivity index (χ0) is 21.7. The molecule has 31 heavy (non-hydrogen) atoms. The summed E-state index contributed by atoms with van der Waals surface area (Å²) in [6.07, 6.45) is 0. The summed E-state index contributed by atoms with van der Waals surface area (Å²) in [5.74, 6) is 0.969. The van der Waals surface area contributed by atoms with Crippen LogP contribution >= 0.6 is 0 Å². The van der Waals surface area contributed by atoms with Gasteiger partial charge in [-0.3, -0.25) is 9.88 Å². The number of phenols is 1. The quantitative estimate of drug-likeness (QED) is 0.792. The molecule has 1 aromatic heterocycles. The number of phenolic OH excluding ortho intramolecular Hbond substituents is 1. The Hall–Kier alpha value is -2.23. The van der Waals surface area contributed by atoms with Crippen LogP contribution in [0.4, 0.5) is 0 Å². The summed E-state index contributed by atoms with van der Waals surface area (Å²) in [7, 11) is 1.62. The Morgan fingerprint density at radius 3 is 2.10 bits per heavy atom. The van der Waals surface area contributed by atoms with Crippen LogP contribution in [0.5, 0.6) is 11.5 Å². The number of methoxy groups -OCH3 is 1. The molecule has 0 atom stereocenters. The molecule has 3 rings (SSSR count). The first-order chi connectivity index (χ1) is 15.2. The van der Waals surface area contributed by atoms with Crippen molar-refractivity contribution in [1.82, 2.24) is 9.88 Å². The Bertz CT molecular complexity index is 755. The molecular weight excluding hydrogens is 400 g/mol. The third-order valence-electron chi connectivity index (χ3n) is 4.89. The van der Waals surface area contributed by atoms with Gasteiger partial charge in [-0.15, -0.1) is 0 Å². The van der Waals surface area contributed by atoms with E-state index in [1.807, 2.05) is 24.3 Å². The lowest BCUT2D eigenvalue weighted by molar-refractivity contribution is 0.0148. The van der Waals surface area contributed by atoms with Crippen molar-refractivity contribution >= 4 is 0 Å². The zero-order valence-electron chi connectivity index (χ0n) is 18.1. The van der Waals surface area contributed by atoms with E-state index in [0.29, 0.717) is 72.5 Å². The predicted molar refractivity (Wildman–Crippen MR) is 115 cm³/mol. The van der Waals surface area contributed by atoms with Crippen LogP contribution in [0.3, 0.4) is 0 Å². The van der Waals surface area contributed by atoms with Crippen LogP contribution < -0.4 is 4.74 Å². The van der Waals surface area contributed by atoms with Gasteiger partial charge in [-0.1, -0.05) is 6.07 Å². The van der Waals surface area contributed by atoms with Crippen molar-refractivity contribution in [3.05, 3.63) is 53.3 Å². The third kappa shape index (κ3) is 8.43. The minimum atomic E-state index is 0.251. The predicted octanol–water partition coefficient (Wildman–Crippen LogP) is 2.38. The van der Waals surface area contributed by atoms with Crippen molar-refractivity contribution < 1.29 is 28.8 Å². The molecular formula is C23H32N2O6. The van der Waals surface area contributed by atoms with Gasteiger partial charge in [0.2, 0.25) is 0 Å². The molecule has 0 unspecified atom stereocenters. The minimum Gasteiger partial charge on any atom is -0.508 e. The molecule has 0 fully saturated rings. The molecule has 1 N–H and O–H groups in total. The molecule has 0 amide bonds. The van der Waals surface area contributed by atoms with Gasteiger partial charge in [0.25, 0.3) is 0 Å². The summed E-state index contributed by atoms with van der Waals surface area (Å²) < 4.78 is 28.1. The number of ether oxygens (including phenoxy) is 5. The number of rotatable bonds is 3. The molecule has 2 heterocycles. The number of hydrogen-bond acceptors (Lipinski definition) is 8. The molecule has 2 bridgehead atoms. The lowest BCUT2D eigenvalue weighted by Crippen LogP contribution is -2.31. The lowest BCUT2D eigenvalue weighted by atomic mass is 10.1. The summed E-state index contributed by atoms with van der Waals surface area (Å²) in [6.45, 7) is 6.03. The average molecular weight is 433 g/mol. The van der Waals surface area contributed by atoms with Crippen molar-refractivity contribution in [3.8, 4) is 11.5 Å². The number of pyridine rings is 1. The number of aromatic nitrogens is 1. The first-order valence-corrected chi connectivity index (χ1v) is 10.6. The van der Waals surface area contributed by atoms with E-state index in [2.05, 4.69) is 9.88 Å². The SMILES string of the molecule is COc1ccc(O)c(CN2CCOCCOCc3cccc(n3)COCCOCC2)c1. The second-order valence-corrected chi connectivity index (χ2v) is 7.22. The van der Waals surface area contributed by atoms with Gasteiger partial charge in [-0.25, -0.2) is 0 Å². The number of nitrogens with zero attached hydrogens (tertiary/aromatic N) is 2. The van der Waals surface area contributed by atoms with E-state index in [0.717, 1.165) is 22.7 Å². The summed E-state index contributed by atoms with van der Waals surface area (Å²) >= 11 is 0. The average Bonchev–Trinajstić information content (AvgIpc) is 2.78. The molecule has 0 spiro atoms. The highest BCUT2D eigenvalue weighted by atomic mass is 16.5. The number of hydrogen-bond donors (Lipinski definition) is 1. The second-order valence-electron chi connectivity index (χ2n) is 7.22. The highest BCUT2D eigenvalue weighted by molar-refractivity contribution is 5.39. The molecule has 0 saturated heterocycles. The van der Waals surface area contributed by atoms with Gasteiger partial charge in [0.15, 0.2) is 0 Å². The maximum atomic E-state index is 10.2. The van der Waals surface area contributed by atoms with Gasteiger partial charge in [0.05, 0.1) is 71.4 Å². The molecule has 1 aromatic carbocycles. The van der Waals surface area contributed by atoms with Gasteiger partial charge in [-0.2, -0.15) is 0 Å². The number of fused-ring (bicyclic) bond motifs is 2. The van der Waals surface area contributed by atoms with Crippen molar-refractivity contribution in [2.45, 2.75) is 19.8 Å². The van der Waals surface area contributed by atoms with Gasteiger partial charge in [-0.05, 0) is 30.3 Å². The van der Waals surface area contributed by atoms with E-state index in [1.54, 1.807) is 19.2 Å². The first-order valence-electron chi connectivity index (χ1n) is 10.6. The molecule has 8 heteroatoms. The van der Waals surface area contributed by atoms with Crippen LogP contribution in [0.25, 0.3) is 0 Å². The smallest absolute Gasteiger partial charge is 0.120 e. The summed E-state index contributed by atoms with van der Waals surface area (Å²) in [5, 5.41) is 10.2. The van der Waals surface area contributed by atoms with Crippen molar-refractivity contribution in [2.75, 3.05) is 59.8 Å².